The zero-order valence-corrected chi connectivity index (χ0v) is 10.3. The molecule has 0 fully saturated rings. The molecule has 88 valence electrons. The number of allylic oxidation sites excluding steroid dienone is 3. The lowest BCUT2D eigenvalue weighted by Gasteiger charge is -2.16. The summed E-state index contributed by atoms with van der Waals surface area (Å²) in [4.78, 5) is 14.1. The van der Waals surface area contributed by atoms with Crippen molar-refractivity contribution in [2.24, 2.45) is 0 Å². The Morgan fingerprint density at radius 3 is 2.71 bits per heavy atom. The molecule has 0 heterocycles. The summed E-state index contributed by atoms with van der Waals surface area (Å²) >= 11 is 0. The second kappa shape index (κ2) is 5.00. The minimum Gasteiger partial charge on any atom is -0.383 e. The fraction of sp³-hybridized carbons (Fsp3) is 0.267. The molecule has 0 atom stereocenters. The standard InChI is InChI=1S/C15H17NO/c1-16(2)11-5-7-13-10-9-12-6-3-4-8-14(12)15(13)17/h3-8,11H,9-10H2,1-2H3/b11-5+,13-7+. The van der Waals surface area contributed by atoms with Gasteiger partial charge in [0.05, 0.1) is 0 Å². The molecule has 2 nitrogen and oxygen atoms in total. The zero-order chi connectivity index (χ0) is 12.3. The fourth-order valence-corrected chi connectivity index (χ4v) is 2.01. The van der Waals surface area contributed by atoms with E-state index in [9.17, 15) is 4.79 Å². The maximum atomic E-state index is 12.2. The molecule has 0 aromatic heterocycles. The first kappa shape index (κ1) is 11.6. The highest BCUT2D eigenvalue weighted by Crippen LogP contribution is 2.24. The number of ketones is 1. The van der Waals surface area contributed by atoms with E-state index in [0.717, 1.165) is 24.0 Å². The molecular formula is C15H17NO. The summed E-state index contributed by atoms with van der Waals surface area (Å²) in [5.74, 6) is 0.176. The first-order valence-electron chi connectivity index (χ1n) is 5.85. The predicted molar refractivity (Wildman–Crippen MR) is 70.0 cm³/mol. The van der Waals surface area contributed by atoms with Crippen LogP contribution in [0.15, 0.2) is 48.2 Å². The number of rotatable bonds is 2. The minimum atomic E-state index is 0.176. The fourth-order valence-electron chi connectivity index (χ4n) is 2.01. The van der Waals surface area contributed by atoms with Crippen LogP contribution in [0.1, 0.15) is 22.3 Å². The van der Waals surface area contributed by atoms with Gasteiger partial charge >= 0.3 is 0 Å². The maximum Gasteiger partial charge on any atom is 0.189 e. The average Bonchev–Trinajstić information content (AvgIpc) is 2.32. The molecule has 2 rings (SSSR count). The van der Waals surface area contributed by atoms with E-state index in [0.29, 0.717) is 0 Å². The molecule has 0 aliphatic heterocycles. The molecule has 0 spiro atoms. The largest absolute Gasteiger partial charge is 0.383 e. The van der Waals surface area contributed by atoms with Gasteiger partial charge in [-0.1, -0.05) is 30.3 Å². The van der Waals surface area contributed by atoms with Crippen molar-refractivity contribution in [3.63, 3.8) is 0 Å². The average molecular weight is 227 g/mol. The highest BCUT2D eigenvalue weighted by Gasteiger charge is 2.20. The Hall–Kier alpha value is -1.83. The van der Waals surface area contributed by atoms with E-state index >= 15 is 0 Å². The maximum absolute atomic E-state index is 12.2. The first-order chi connectivity index (χ1) is 8.18. The van der Waals surface area contributed by atoms with Gasteiger partial charge in [-0.15, -0.1) is 0 Å². The molecule has 2 heteroatoms. The quantitative estimate of drug-likeness (QED) is 0.724. The molecule has 1 aromatic carbocycles. The minimum absolute atomic E-state index is 0.176. The van der Waals surface area contributed by atoms with Crippen LogP contribution in [0, 0.1) is 0 Å². The number of carbonyl (C=O) groups is 1. The molecule has 1 aliphatic rings. The molecule has 0 unspecified atom stereocenters. The summed E-state index contributed by atoms with van der Waals surface area (Å²) in [7, 11) is 3.93. The van der Waals surface area contributed by atoms with E-state index in [1.165, 1.54) is 5.56 Å². The number of Topliss-reactive ketones (excluding diaryl/α,β-unsaturated/α-hetero) is 1. The smallest absolute Gasteiger partial charge is 0.189 e. The van der Waals surface area contributed by atoms with Gasteiger partial charge in [-0.2, -0.15) is 0 Å². The van der Waals surface area contributed by atoms with Crippen molar-refractivity contribution >= 4 is 5.78 Å². The van der Waals surface area contributed by atoms with Gasteiger partial charge in [-0.05, 0) is 30.7 Å². The number of nitrogens with zero attached hydrogens (tertiary/aromatic N) is 1. The number of carbonyl (C=O) groups excluding carboxylic acids is 1. The second-order valence-corrected chi connectivity index (χ2v) is 4.48. The second-order valence-electron chi connectivity index (χ2n) is 4.48. The molecule has 0 radical (unpaired) electrons. The molecule has 0 N–H and O–H groups in total. The number of benzene rings is 1. The zero-order valence-electron chi connectivity index (χ0n) is 10.3. The van der Waals surface area contributed by atoms with Crippen LogP contribution >= 0.6 is 0 Å². The molecule has 17 heavy (non-hydrogen) atoms. The van der Waals surface area contributed by atoms with E-state index < -0.39 is 0 Å². The third-order valence-electron chi connectivity index (χ3n) is 2.90. The molecule has 0 amide bonds. The van der Waals surface area contributed by atoms with Crippen LogP contribution in [0.25, 0.3) is 0 Å². The van der Waals surface area contributed by atoms with Crippen LogP contribution in [-0.2, 0) is 6.42 Å². The van der Waals surface area contributed by atoms with Crippen molar-refractivity contribution in [1.82, 2.24) is 4.90 Å². The van der Waals surface area contributed by atoms with Crippen LogP contribution < -0.4 is 0 Å². The SMILES string of the molecule is CN(C)/C=C/C=C1\CCc2ccccc2C1=O. The van der Waals surface area contributed by atoms with Crippen molar-refractivity contribution < 1.29 is 4.79 Å². The van der Waals surface area contributed by atoms with Gasteiger partial charge in [0.2, 0.25) is 0 Å². The molecule has 1 aliphatic carbocycles. The number of hydrogen-bond donors (Lipinski definition) is 0. The topological polar surface area (TPSA) is 20.3 Å². The van der Waals surface area contributed by atoms with Crippen molar-refractivity contribution in [3.05, 3.63) is 59.3 Å². The van der Waals surface area contributed by atoms with E-state index in [2.05, 4.69) is 0 Å². The first-order valence-corrected chi connectivity index (χ1v) is 5.85. The summed E-state index contributed by atoms with van der Waals surface area (Å²) in [6.45, 7) is 0. The Kier molecular flexibility index (Phi) is 3.43. The van der Waals surface area contributed by atoms with Crippen molar-refractivity contribution in [2.75, 3.05) is 14.1 Å². The highest BCUT2D eigenvalue weighted by molar-refractivity contribution is 6.10. The van der Waals surface area contributed by atoms with Crippen molar-refractivity contribution in [3.8, 4) is 0 Å². The summed E-state index contributed by atoms with van der Waals surface area (Å²) in [6.07, 6.45) is 7.61. The van der Waals surface area contributed by atoms with Crippen molar-refractivity contribution in [1.29, 1.82) is 0 Å². The molecule has 0 saturated carbocycles. The molecule has 1 aromatic rings. The number of fused-ring (bicyclic) bond motifs is 1. The molecule has 0 bridgehead atoms. The van der Waals surface area contributed by atoms with E-state index in [1.54, 1.807) is 0 Å². The van der Waals surface area contributed by atoms with Crippen LogP contribution in [0.3, 0.4) is 0 Å². The predicted octanol–water partition coefficient (Wildman–Crippen LogP) is 2.82. The lowest BCUT2D eigenvalue weighted by atomic mass is 9.87. The Morgan fingerprint density at radius 1 is 1.18 bits per heavy atom. The van der Waals surface area contributed by atoms with Gasteiger partial charge in [0, 0.05) is 25.2 Å². The highest BCUT2D eigenvalue weighted by atomic mass is 16.1. The third kappa shape index (κ3) is 2.64. The number of aryl methyl sites for hydroxylation is 1. The van der Waals surface area contributed by atoms with Gasteiger partial charge in [0.25, 0.3) is 0 Å². The third-order valence-corrected chi connectivity index (χ3v) is 2.90. The summed E-state index contributed by atoms with van der Waals surface area (Å²) in [6, 6.07) is 7.88. The summed E-state index contributed by atoms with van der Waals surface area (Å²) in [5.41, 5.74) is 2.94. The van der Waals surface area contributed by atoms with Gasteiger partial charge < -0.3 is 4.90 Å². The van der Waals surface area contributed by atoms with E-state index in [4.69, 9.17) is 0 Å². The van der Waals surface area contributed by atoms with E-state index in [-0.39, 0.29) is 5.78 Å². The normalized spacial score (nSPS) is 17.5. The van der Waals surface area contributed by atoms with Gasteiger partial charge in [-0.25, -0.2) is 0 Å². The Balaban J connectivity index is 2.23. The van der Waals surface area contributed by atoms with Crippen LogP contribution in [0.2, 0.25) is 0 Å². The van der Waals surface area contributed by atoms with Crippen LogP contribution in [0.5, 0.6) is 0 Å². The Morgan fingerprint density at radius 2 is 1.94 bits per heavy atom. The van der Waals surface area contributed by atoms with Crippen LogP contribution in [-0.4, -0.2) is 24.8 Å². The monoisotopic (exact) mass is 227 g/mol. The van der Waals surface area contributed by atoms with E-state index in [1.807, 2.05) is 61.6 Å². The molecular weight excluding hydrogens is 210 g/mol. The van der Waals surface area contributed by atoms with Crippen molar-refractivity contribution in [2.45, 2.75) is 12.8 Å². The lowest BCUT2D eigenvalue weighted by Crippen LogP contribution is -2.13. The summed E-state index contributed by atoms with van der Waals surface area (Å²) < 4.78 is 0. The summed E-state index contributed by atoms with van der Waals surface area (Å²) in [5, 5.41) is 0. The van der Waals surface area contributed by atoms with Gasteiger partial charge in [-0.3, -0.25) is 4.79 Å². The lowest BCUT2D eigenvalue weighted by molar-refractivity contribution is 0.102. The Bertz CT molecular complexity index is 483. The van der Waals surface area contributed by atoms with Gasteiger partial charge in [0.15, 0.2) is 5.78 Å². The molecule has 0 saturated heterocycles. The van der Waals surface area contributed by atoms with Gasteiger partial charge in [0.1, 0.15) is 0 Å². The Labute approximate surface area is 102 Å². The van der Waals surface area contributed by atoms with Crippen LogP contribution in [0.4, 0.5) is 0 Å². The number of hydrogen-bond acceptors (Lipinski definition) is 2.